The maximum absolute atomic E-state index is 13.6. The molecule has 3 nitrogen and oxygen atoms in total. The summed E-state index contributed by atoms with van der Waals surface area (Å²) in [5, 5.41) is 11.7. The Balaban J connectivity index is 2.09. The third-order valence-electron chi connectivity index (χ3n) is 3.60. The molecule has 0 aromatic heterocycles. The van der Waals surface area contributed by atoms with Crippen LogP contribution in [0.1, 0.15) is 43.0 Å². The molecule has 0 amide bonds. The van der Waals surface area contributed by atoms with Gasteiger partial charge < -0.3 is 10.4 Å². The van der Waals surface area contributed by atoms with Gasteiger partial charge in [-0.15, -0.1) is 0 Å². The van der Waals surface area contributed by atoms with E-state index >= 15 is 0 Å². The summed E-state index contributed by atoms with van der Waals surface area (Å²) in [6.45, 7) is 1.92. The fourth-order valence-electron chi connectivity index (χ4n) is 2.38. The van der Waals surface area contributed by atoms with E-state index in [-0.39, 0.29) is 11.7 Å². The molecule has 1 aromatic rings. The lowest BCUT2D eigenvalue weighted by Crippen LogP contribution is -2.24. The van der Waals surface area contributed by atoms with E-state index in [1.807, 2.05) is 6.92 Å². The molecule has 1 fully saturated rings. The van der Waals surface area contributed by atoms with Crippen LogP contribution in [-0.4, -0.2) is 17.1 Å². The zero-order chi connectivity index (χ0) is 14.0. The highest BCUT2D eigenvalue weighted by molar-refractivity contribution is 5.89. The Hall–Kier alpha value is -1.65. The van der Waals surface area contributed by atoms with Crippen LogP contribution in [0, 0.1) is 17.6 Å². The van der Waals surface area contributed by atoms with Crippen molar-refractivity contribution in [3.63, 3.8) is 0 Å². The number of benzene rings is 1. The zero-order valence-corrected chi connectivity index (χ0v) is 10.7. The smallest absolute Gasteiger partial charge is 0.338 e. The molecule has 5 heteroatoms. The predicted molar refractivity (Wildman–Crippen MR) is 68.4 cm³/mol. The Morgan fingerprint density at radius 3 is 2.63 bits per heavy atom. The van der Waals surface area contributed by atoms with Crippen LogP contribution in [0.5, 0.6) is 0 Å². The van der Waals surface area contributed by atoms with Crippen LogP contribution in [0.2, 0.25) is 0 Å². The molecule has 1 aromatic carbocycles. The molecule has 104 valence electrons. The van der Waals surface area contributed by atoms with Crippen molar-refractivity contribution in [1.29, 1.82) is 0 Å². The molecule has 19 heavy (non-hydrogen) atoms. The lowest BCUT2D eigenvalue weighted by Gasteiger charge is -2.29. The molecule has 1 unspecified atom stereocenters. The highest BCUT2D eigenvalue weighted by atomic mass is 19.1. The maximum atomic E-state index is 13.6. The average Bonchev–Trinajstić information content (AvgIpc) is 2.27. The molecule has 0 saturated heterocycles. The lowest BCUT2D eigenvalue weighted by molar-refractivity contribution is 0.0692. The van der Waals surface area contributed by atoms with Crippen molar-refractivity contribution in [2.75, 3.05) is 5.32 Å². The first-order chi connectivity index (χ1) is 8.97. The number of rotatable bonds is 5. The van der Waals surface area contributed by atoms with Gasteiger partial charge in [0.2, 0.25) is 0 Å². The van der Waals surface area contributed by atoms with Gasteiger partial charge in [-0.3, -0.25) is 0 Å². The SMILES string of the molecule is CC(CC1CCC1)Nc1cc(C(=O)O)c(F)cc1F. The van der Waals surface area contributed by atoms with E-state index in [1.165, 1.54) is 19.3 Å². The van der Waals surface area contributed by atoms with Crippen molar-refractivity contribution < 1.29 is 18.7 Å². The molecule has 1 saturated carbocycles. The fourth-order valence-corrected chi connectivity index (χ4v) is 2.38. The highest BCUT2D eigenvalue weighted by Crippen LogP contribution is 2.31. The number of hydrogen-bond acceptors (Lipinski definition) is 2. The van der Waals surface area contributed by atoms with E-state index < -0.39 is 23.2 Å². The van der Waals surface area contributed by atoms with E-state index in [0.717, 1.165) is 12.5 Å². The first-order valence-electron chi connectivity index (χ1n) is 6.46. The van der Waals surface area contributed by atoms with E-state index in [1.54, 1.807) is 0 Å². The molecular weight excluding hydrogens is 252 g/mol. The summed E-state index contributed by atoms with van der Waals surface area (Å²) in [5.74, 6) is -2.55. The second-order valence-electron chi connectivity index (χ2n) is 5.20. The van der Waals surface area contributed by atoms with E-state index in [0.29, 0.717) is 12.0 Å². The monoisotopic (exact) mass is 269 g/mol. The van der Waals surface area contributed by atoms with Gasteiger partial charge in [0.15, 0.2) is 0 Å². The van der Waals surface area contributed by atoms with Crippen molar-refractivity contribution in [3.05, 3.63) is 29.3 Å². The van der Waals surface area contributed by atoms with Crippen molar-refractivity contribution in [3.8, 4) is 0 Å². The molecule has 0 aliphatic heterocycles. The Labute approximate surface area is 110 Å². The summed E-state index contributed by atoms with van der Waals surface area (Å²) in [7, 11) is 0. The number of anilines is 1. The summed E-state index contributed by atoms with van der Waals surface area (Å²) < 4.78 is 26.8. The number of nitrogens with one attached hydrogen (secondary N) is 1. The minimum absolute atomic E-state index is 0.0342. The Morgan fingerprint density at radius 2 is 2.11 bits per heavy atom. The molecule has 1 aliphatic carbocycles. The first-order valence-corrected chi connectivity index (χ1v) is 6.46. The van der Waals surface area contributed by atoms with Crippen LogP contribution < -0.4 is 5.32 Å². The molecule has 1 aliphatic rings. The highest BCUT2D eigenvalue weighted by Gasteiger charge is 2.21. The number of halogens is 2. The predicted octanol–water partition coefficient (Wildman–Crippen LogP) is 3.65. The summed E-state index contributed by atoms with van der Waals surface area (Å²) >= 11 is 0. The Bertz CT molecular complexity index is 487. The summed E-state index contributed by atoms with van der Waals surface area (Å²) in [6, 6.07) is 1.67. The summed E-state index contributed by atoms with van der Waals surface area (Å²) in [6.07, 6.45) is 4.54. The van der Waals surface area contributed by atoms with Crippen LogP contribution in [0.4, 0.5) is 14.5 Å². The van der Waals surface area contributed by atoms with Crippen LogP contribution >= 0.6 is 0 Å². The Kier molecular flexibility index (Phi) is 4.02. The molecule has 0 bridgehead atoms. The van der Waals surface area contributed by atoms with Crippen molar-refractivity contribution in [2.24, 2.45) is 5.92 Å². The second-order valence-corrected chi connectivity index (χ2v) is 5.20. The van der Waals surface area contributed by atoms with Crippen molar-refractivity contribution in [1.82, 2.24) is 0 Å². The molecule has 0 radical (unpaired) electrons. The molecular formula is C14H17F2NO2. The number of carboxylic acids is 1. The quantitative estimate of drug-likeness (QED) is 0.857. The average molecular weight is 269 g/mol. The van der Waals surface area contributed by atoms with E-state index in [9.17, 15) is 13.6 Å². The molecule has 0 heterocycles. The van der Waals surface area contributed by atoms with Crippen molar-refractivity contribution >= 4 is 11.7 Å². The second kappa shape index (κ2) is 5.55. The van der Waals surface area contributed by atoms with Gasteiger partial charge in [-0.2, -0.15) is 0 Å². The molecule has 1 atom stereocenters. The maximum Gasteiger partial charge on any atom is 0.338 e. The zero-order valence-electron chi connectivity index (χ0n) is 10.7. The summed E-state index contributed by atoms with van der Waals surface area (Å²) in [4.78, 5) is 10.8. The van der Waals surface area contributed by atoms with Crippen LogP contribution in [0.25, 0.3) is 0 Å². The third-order valence-corrected chi connectivity index (χ3v) is 3.60. The lowest BCUT2D eigenvalue weighted by atomic mass is 9.81. The molecule has 2 rings (SSSR count). The minimum atomic E-state index is -1.40. The largest absolute Gasteiger partial charge is 0.478 e. The van der Waals surface area contributed by atoms with E-state index in [2.05, 4.69) is 5.32 Å². The van der Waals surface area contributed by atoms with Crippen LogP contribution in [-0.2, 0) is 0 Å². The van der Waals surface area contributed by atoms with Crippen LogP contribution in [0.15, 0.2) is 12.1 Å². The van der Waals surface area contributed by atoms with Gasteiger partial charge in [-0.05, 0) is 25.3 Å². The minimum Gasteiger partial charge on any atom is -0.478 e. The third kappa shape index (κ3) is 3.22. The van der Waals surface area contributed by atoms with E-state index in [4.69, 9.17) is 5.11 Å². The summed E-state index contributed by atoms with van der Waals surface area (Å²) in [5.41, 5.74) is -0.467. The number of hydrogen-bond donors (Lipinski definition) is 2. The molecule has 2 N–H and O–H groups in total. The van der Waals surface area contributed by atoms with Gasteiger partial charge in [0.05, 0.1) is 11.3 Å². The fraction of sp³-hybridized carbons (Fsp3) is 0.500. The van der Waals surface area contributed by atoms with Gasteiger partial charge in [-0.1, -0.05) is 19.3 Å². The van der Waals surface area contributed by atoms with Gasteiger partial charge in [0.1, 0.15) is 11.6 Å². The van der Waals surface area contributed by atoms with Gasteiger partial charge in [0.25, 0.3) is 0 Å². The van der Waals surface area contributed by atoms with Gasteiger partial charge in [-0.25, -0.2) is 13.6 Å². The first kappa shape index (κ1) is 13.8. The standard InChI is InChI=1S/C14H17F2NO2/c1-8(5-9-3-2-4-9)17-13-6-10(14(18)19)11(15)7-12(13)16/h6-9,17H,2-5H2,1H3,(H,18,19). The van der Waals surface area contributed by atoms with Crippen LogP contribution in [0.3, 0.4) is 0 Å². The van der Waals surface area contributed by atoms with Gasteiger partial charge >= 0.3 is 5.97 Å². The number of carbonyl (C=O) groups is 1. The Morgan fingerprint density at radius 1 is 1.42 bits per heavy atom. The number of aromatic carboxylic acids is 1. The topological polar surface area (TPSA) is 49.3 Å². The van der Waals surface area contributed by atoms with Gasteiger partial charge in [0, 0.05) is 12.1 Å². The van der Waals surface area contributed by atoms with Crippen molar-refractivity contribution in [2.45, 2.75) is 38.6 Å². The normalized spacial score (nSPS) is 16.8. The number of carboxylic acid groups (broad SMARTS) is 1. The molecule has 0 spiro atoms.